The van der Waals surface area contributed by atoms with Crippen molar-refractivity contribution >= 4 is 5.91 Å². The molecule has 3 nitrogen and oxygen atoms in total. The summed E-state index contributed by atoms with van der Waals surface area (Å²) in [7, 11) is 0. The second kappa shape index (κ2) is 5.60. The molecule has 3 fully saturated rings. The van der Waals surface area contributed by atoms with Gasteiger partial charge in [-0.3, -0.25) is 4.79 Å². The maximum Gasteiger partial charge on any atom is 0.224 e. The number of hydrogen-bond donors (Lipinski definition) is 1. The SMILES string of the molecule is O=C(CC1CCCN1)N1CCCC1C1CCCC1. The molecule has 2 heterocycles. The molecule has 3 rings (SSSR count). The molecular weight excluding hydrogens is 224 g/mol. The first-order valence-electron chi connectivity index (χ1n) is 7.87. The van der Waals surface area contributed by atoms with Crippen LogP contribution < -0.4 is 5.32 Å². The highest BCUT2D eigenvalue weighted by Crippen LogP contribution is 2.35. The number of carbonyl (C=O) groups excluding carboxylic acids is 1. The van der Waals surface area contributed by atoms with Gasteiger partial charge in [-0.05, 0) is 51.0 Å². The highest BCUT2D eigenvalue weighted by Gasteiger charge is 2.36. The molecule has 102 valence electrons. The fourth-order valence-electron chi connectivity index (χ4n) is 4.19. The number of rotatable bonds is 3. The van der Waals surface area contributed by atoms with Gasteiger partial charge in [-0.1, -0.05) is 12.8 Å². The lowest BCUT2D eigenvalue weighted by atomic mass is 9.95. The van der Waals surface area contributed by atoms with E-state index in [-0.39, 0.29) is 0 Å². The summed E-state index contributed by atoms with van der Waals surface area (Å²) in [5.74, 6) is 1.23. The number of carbonyl (C=O) groups is 1. The van der Waals surface area contributed by atoms with E-state index in [9.17, 15) is 4.79 Å². The Labute approximate surface area is 110 Å². The maximum atomic E-state index is 12.5. The standard InChI is InChI=1S/C15H26N2O/c18-15(11-13-7-3-9-16-13)17-10-4-8-14(17)12-5-1-2-6-12/h12-14,16H,1-11H2. The molecule has 2 atom stereocenters. The third-order valence-electron chi connectivity index (χ3n) is 5.15. The van der Waals surface area contributed by atoms with Crippen LogP contribution in [0.25, 0.3) is 0 Å². The van der Waals surface area contributed by atoms with Crippen molar-refractivity contribution in [1.82, 2.24) is 10.2 Å². The number of likely N-dealkylation sites (tertiary alicyclic amines) is 1. The first kappa shape index (κ1) is 12.5. The van der Waals surface area contributed by atoms with Crippen molar-refractivity contribution in [2.24, 2.45) is 5.92 Å². The third kappa shape index (κ3) is 2.56. The molecule has 1 aliphatic carbocycles. The smallest absolute Gasteiger partial charge is 0.224 e. The van der Waals surface area contributed by atoms with Gasteiger partial charge in [0.2, 0.25) is 5.91 Å². The van der Waals surface area contributed by atoms with E-state index >= 15 is 0 Å². The van der Waals surface area contributed by atoms with Gasteiger partial charge in [-0.15, -0.1) is 0 Å². The average Bonchev–Trinajstić information content (AvgIpc) is 3.11. The van der Waals surface area contributed by atoms with Crippen molar-refractivity contribution in [3.63, 3.8) is 0 Å². The molecule has 2 saturated heterocycles. The Morgan fingerprint density at radius 2 is 1.89 bits per heavy atom. The predicted octanol–water partition coefficient (Wildman–Crippen LogP) is 2.31. The summed E-state index contributed by atoms with van der Waals surface area (Å²) in [5, 5.41) is 3.45. The Bertz CT molecular complexity index is 293. The van der Waals surface area contributed by atoms with E-state index in [0.717, 1.165) is 25.4 Å². The van der Waals surface area contributed by atoms with E-state index in [0.29, 0.717) is 18.0 Å². The van der Waals surface area contributed by atoms with Crippen molar-refractivity contribution < 1.29 is 4.79 Å². The minimum absolute atomic E-state index is 0.420. The summed E-state index contributed by atoms with van der Waals surface area (Å²) in [6, 6.07) is 1.05. The first-order valence-corrected chi connectivity index (χ1v) is 7.87. The van der Waals surface area contributed by atoms with Crippen LogP contribution in [0.15, 0.2) is 0 Å². The molecular formula is C15H26N2O. The van der Waals surface area contributed by atoms with E-state index in [1.807, 2.05) is 0 Å². The lowest BCUT2D eigenvalue weighted by Crippen LogP contribution is -2.41. The minimum Gasteiger partial charge on any atom is -0.339 e. The number of hydrogen-bond acceptors (Lipinski definition) is 2. The first-order chi connectivity index (χ1) is 8.84. The van der Waals surface area contributed by atoms with Gasteiger partial charge >= 0.3 is 0 Å². The van der Waals surface area contributed by atoms with Crippen molar-refractivity contribution in [3.8, 4) is 0 Å². The zero-order chi connectivity index (χ0) is 12.4. The fraction of sp³-hybridized carbons (Fsp3) is 0.933. The summed E-state index contributed by atoms with van der Waals surface area (Å²) in [5.41, 5.74) is 0. The summed E-state index contributed by atoms with van der Waals surface area (Å²) in [4.78, 5) is 14.7. The Kier molecular flexibility index (Phi) is 3.88. The molecule has 0 spiro atoms. The molecule has 0 aromatic rings. The zero-order valence-corrected chi connectivity index (χ0v) is 11.4. The molecule has 1 N–H and O–H groups in total. The molecule has 2 unspecified atom stereocenters. The van der Waals surface area contributed by atoms with Gasteiger partial charge in [0, 0.05) is 25.0 Å². The van der Waals surface area contributed by atoms with Gasteiger partial charge in [0.1, 0.15) is 0 Å². The van der Waals surface area contributed by atoms with E-state index in [1.54, 1.807) is 0 Å². The fourth-order valence-corrected chi connectivity index (χ4v) is 4.19. The van der Waals surface area contributed by atoms with E-state index in [4.69, 9.17) is 0 Å². The lowest BCUT2D eigenvalue weighted by Gasteiger charge is -2.30. The summed E-state index contributed by atoms with van der Waals surface area (Å²) >= 11 is 0. The normalized spacial score (nSPS) is 33.4. The molecule has 1 amide bonds. The lowest BCUT2D eigenvalue weighted by molar-refractivity contribution is -0.133. The third-order valence-corrected chi connectivity index (χ3v) is 5.15. The van der Waals surface area contributed by atoms with Gasteiger partial charge in [0.05, 0.1) is 0 Å². The van der Waals surface area contributed by atoms with Crippen LogP contribution in [0.2, 0.25) is 0 Å². The van der Waals surface area contributed by atoms with Crippen molar-refractivity contribution in [3.05, 3.63) is 0 Å². The molecule has 0 bridgehead atoms. The molecule has 2 aliphatic heterocycles. The van der Waals surface area contributed by atoms with Crippen LogP contribution in [0, 0.1) is 5.92 Å². The Hall–Kier alpha value is -0.570. The quantitative estimate of drug-likeness (QED) is 0.833. The van der Waals surface area contributed by atoms with Crippen LogP contribution in [-0.2, 0) is 4.79 Å². The van der Waals surface area contributed by atoms with Crippen molar-refractivity contribution in [2.75, 3.05) is 13.1 Å². The van der Waals surface area contributed by atoms with E-state index < -0.39 is 0 Å². The number of nitrogens with one attached hydrogen (secondary N) is 1. The molecule has 0 radical (unpaired) electrons. The van der Waals surface area contributed by atoms with Crippen LogP contribution >= 0.6 is 0 Å². The van der Waals surface area contributed by atoms with Gasteiger partial charge < -0.3 is 10.2 Å². The molecule has 0 aromatic heterocycles. The molecule has 18 heavy (non-hydrogen) atoms. The average molecular weight is 250 g/mol. The Morgan fingerprint density at radius 3 is 2.61 bits per heavy atom. The largest absolute Gasteiger partial charge is 0.339 e. The van der Waals surface area contributed by atoms with Crippen molar-refractivity contribution in [1.29, 1.82) is 0 Å². The zero-order valence-electron chi connectivity index (χ0n) is 11.4. The van der Waals surface area contributed by atoms with Crippen LogP contribution in [0.5, 0.6) is 0 Å². The Morgan fingerprint density at radius 1 is 1.06 bits per heavy atom. The molecule has 1 saturated carbocycles. The molecule has 3 heteroatoms. The molecule has 3 aliphatic rings. The number of nitrogens with zero attached hydrogens (tertiary/aromatic N) is 1. The van der Waals surface area contributed by atoms with Gasteiger partial charge in [0.15, 0.2) is 0 Å². The second-order valence-electron chi connectivity index (χ2n) is 6.34. The van der Waals surface area contributed by atoms with Crippen LogP contribution in [0.3, 0.4) is 0 Å². The second-order valence-corrected chi connectivity index (χ2v) is 6.34. The van der Waals surface area contributed by atoms with Crippen LogP contribution in [-0.4, -0.2) is 36.0 Å². The number of amides is 1. The van der Waals surface area contributed by atoms with E-state index in [1.165, 1.54) is 51.4 Å². The maximum absolute atomic E-state index is 12.5. The van der Waals surface area contributed by atoms with Crippen LogP contribution in [0.1, 0.15) is 57.8 Å². The highest BCUT2D eigenvalue weighted by atomic mass is 16.2. The van der Waals surface area contributed by atoms with Crippen LogP contribution in [0.4, 0.5) is 0 Å². The summed E-state index contributed by atoms with van der Waals surface area (Å²) < 4.78 is 0. The summed E-state index contributed by atoms with van der Waals surface area (Å²) in [6.45, 7) is 2.12. The molecule has 0 aromatic carbocycles. The summed E-state index contributed by atoms with van der Waals surface area (Å²) in [6.07, 6.45) is 11.1. The van der Waals surface area contributed by atoms with Gasteiger partial charge in [0.25, 0.3) is 0 Å². The van der Waals surface area contributed by atoms with E-state index in [2.05, 4.69) is 10.2 Å². The highest BCUT2D eigenvalue weighted by molar-refractivity contribution is 5.77. The monoisotopic (exact) mass is 250 g/mol. The minimum atomic E-state index is 0.420. The van der Waals surface area contributed by atoms with Gasteiger partial charge in [-0.2, -0.15) is 0 Å². The van der Waals surface area contributed by atoms with Gasteiger partial charge in [-0.25, -0.2) is 0 Å². The predicted molar refractivity (Wildman–Crippen MR) is 72.3 cm³/mol. The Balaban J connectivity index is 1.57. The topological polar surface area (TPSA) is 32.3 Å². The van der Waals surface area contributed by atoms with Crippen molar-refractivity contribution in [2.45, 2.75) is 69.9 Å².